The molecule has 1 aromatic heterocycles. The summed E-state index contributed by atoms with van der Waals surface area (Å²) in [6.45, 7) is 4.46. The average Bonchev–Trinajstić information content (AvgIpc) is 2.59. The molecule has 4 aromatic rings. The number of fused-ring (bicyclic) bond motifs is 2. The van der Waals surface area contributed by atoms with Gasteiger partial charge in [-0.2, -0.15) is 0 Å². The Morgan fingerprint density at radius 1 is 0.652 bits per heavy atom. The Morgan fingerprint density at radius 3 is 1.70 bits per heavy atom. The quantitative estimate of drug-likeness (QED) is 0.403. The third kappa shape index (κ3) is 2.39. The largest absolute Gasteiger partial charge is 0.248 e. The number of aromatic nitrogens is 1. The lowest BCUT2D eigenvalue weighted by atomic mass is 9.94. The second-order valence-corrected chi connectivity index (χ2v) is 6.30. The van der Waals surface area contributed by atoms with Crippen molar-refractivity contribution in [1.29, 1.82) is 0 Å². The van der Waals surface area contributed by atoms with Crippen molar-refractivity contribution in [3.63, 3.8) is 0 Å². The van der Waals surface area contributed by atoms with E-state index in [1.54, 1.807) is 0 Å². The summed E-state index contributed by atoms with van der Waals surface area (Å²) < 4.78 is 0. The van der Waals surface area contributed by atoms with E-state index in [1.165, 1.54) is 27.5 Å². The van der Waals surface area contributed by atoms with Gasteiger partial charge in [-0.15, -0.1) is 0 Å². The molecule has 0 aliphatic rings. The molecular weight excluding hydrogens is 278 g/mol. The van der Waals surface area contributed by atoms with Crippen molar-refractivity contribution in [3.05, 3.63) is 78.4 Å². The van der Waals surface area contributed by atoms with Gasteiger partial charge in [0.1, 0.15) is 0 Å². The van der Waals surface area contributed by atoms with Gasteiger partial charge >= 0.3 is 0 Å². The maximum atomic E-state index is 4.81. The molecule has 0 N–H and O–H groups in total. The predicted octanol–water partition coefficient (Wildman–Crippen LogP) is 6.18. The topological polar surface area (TPSA) is 12.9 Å². The highest BCUT2D eigenvalue weighted by Gasteiger charge is 2.11. The first kappa shape index (κ1) is 14.0. The Morgan fingerprint density at radius 2 is 1.17 bits per heavy atom. The highest BCUT2D eigenvalue weighted by molar-refractivity contribution is 6.09. The molecule has 0 fully saturated rings. The Bertz CT molecular complexity index is 928. The van der Waals surface area contributed by atoms with Gasteiger partial charge in [-0.05, 0) is 29.2 Å². The van der Waals surface area contributed by atoms with Crippen LogP contribution in [0.4, 0.5) is 0 Å². The van der Waals surface area contributed by atoms with Crippen LogP contribution in [0.25, 0.3) is 32.9 Å². The van der Waals surface area contributed by atoms with E-state index < -0.39 is 0 Å². The monoisotopic (exact) mass is 297 g/mol. The molecule has 1 nitrogen and oxygen atoms in total. The van der Waals surface area contributed by atoms with Gasteiger partial charge in [-0.1, -0.05) is 74.5 Å². The number of hydrogen-bond donors (Lipinski definition) is 0. The smallest absolute Gasteiger partial charge is 0.0715 e. The van der Waals surface area contributed by atoms with Crippen LogP contribution in [0.1, 0.15) is 25.3 Å². The lowest BCUT2D eigenvalue weighted by Crippen LogP contribution is -1.90. The summed E-state index contributed by atoms with van der Waals surface area (Å²) in [4.78, 5) is 4.81. The lowest BCUT2D eigenvalue weighted by Gasteiger charge is -2.12. The van der Waals surface area contributed by atoms with Crippen LogP contribution >= 0.6 is 0 Å². The number of pyridine rings is 1. The first-order valence-electron chi connectivity index (χ1n) is 8.12. The van der Waals surface area contributed by atoms with Gasteiger partial charge in [-0.25, -0.2) is 4.98 Å². The zero-order valence-electron chi connectivity index (χ0n) is 13.5. The minimum absolute atomic E-state index is 0.551. The molecule has 112 valence electrons. The number of rotatable bonds is 2. The molecule has 0 spiro atoms. The Kier molecular flexibility index (Phi) is 3.34. The van der Waals surface area contributed by atoms with E-state index in [0.29, 0.717) is 5.92 Å². The molecule has 4 rings (SSSR count). The summed E-state index contributed by atoms with van der Waals surface area (Å²) in [7, 11) is 0. The van der Waals surface area contributed by atoms with E-state index >= 15 is 0 Å². The van der Waals surface area contributed by atoms with Crippen molar-refractivity contribution in [3.8, 4) is 11.1 Å². The molecule has 0 radical (unpaired) electrons. The summed E-state index contributed by atoms with van der Waals surface area (Å²) in [5.41, 5.74) is 6.00. The zero-order valence-corrected chi connectivity index (χ0v) is 13.5. The second-order valence-electron chi connectivity index (χ2n) is 6.30. The first-order valence-corrected chi connectivity index (χ1v) is 8.12. The van der Waals surface area contributed by atoms with E-state index in [1.807, 2.05) is 0 Å². The molecular formula is C22H19N. The molecule has 0 aliphatic carbocycles. The van der Waals surface area contributed by atoms with E-state index in [-0.39, 0.29) is 0 Å². The van der Waals surface area contributed by atoms with E-state index in [9.17, 15) is 0 Å². The summed E-state index contributed by atoms with van der Waals surface area (Å²) in [6, 6.07) is 25.8. The van der Waals surface area contributed by atoms with Crippen LogP contribution in [-0.4, -0.2) is 4.98 Å². The third-order valence-electron chi connectivity index (χ3n) is 4.45. The van der Waals surface area contributed by atoms with Gasteiger partial charge in [0.05, 0.1) is 11.0 Å². The summed E-state index contributed by atoms with van der Waals surface area (Å²) >= 11 is 0. The first-order chi connectivity index (χ1) is 11.2. The van der Waals surface area contributed by atoms with Crippen molar-refractivity contribution in [2.45, 2.75) is 19.8 Å². The molecule has 0 saturated carbocycles. The van der Waals surface area contributed by atoms with Crippen molar-refractivity contribution < 1.29 is 0 Å². The molecule has 0 bridgehead atoms. The van der Waals surface area contributed by atoms with Crippen LogP contribution in [0.3, 0.4) is 0 Å². The fourth-order valence-corrected chi connectivity index (χ4v) is 3.19. The van der Waals surface area contributed by atoms with Gasteiger partial charge in [0.25, 0.3) is 0 Å². The molecule has 3 aromatic carbocycles. The van der Waals surface area contributed by atoms with E-state index in [2.05, 4.69) is 86.6 Å². The summed E-state index contributed by atoms with van der Waals surface area (Å²) in [6.07, 6.45) is 0. The van der Waals surface area contributed by atoms with Crippen molar-refractivity contribution in [2.75, 3.05) is 0 Å². The van der Waals surface area contributed by atoms with Crippen LogP contribution in [0.15, 0.2) is 72.8 Å². The molecule has 0 amide bonds. The van der Waals surface area contributed by atoms with Crippen LogP contribution in [0, 0.1) is 0 Å². The van der Waals surface area contributed by atoms with Gasteiger partial charge < -0.3 is 0 Å². The van der Waals surface area contributed by atoms with Gasteiger partial charge in [0, 0.05) is 16.3 Å². The lowest BCUT2D eigenvalue weighted by molar-refractivity contribution is 0.867. The Labute approximate surface area is 136 Å². The number of hydrogen-bond acceptors (Lipinski definition) is 1. The fraction of sp³-hybridized carbons (Fsp3) is 0.136. The van der Waals surface area contributed by atoms with Crippen LogP contribution in [-0.2, 0) is 0 Å². The maximum absolute atomic E-state index is 4.81. The summed E-state index contributed by atoms with van der Waals surface area (Å²) in [5.74, 6) is 0.551. The molecule has 0 saturated heterocycles. The van der Waals surface area contributed by atoms with Crippen LogP contribution < -0.4 is 0 Å². The highest BCUT2D eigenvalue weighted by atomic mass is 14.7. The minimum Gasteiger partial charge on any atom is -0.248 e. The van der Waals surface area contributed by atoms with Gasteiger partial charge in [0.2, 0.25) is 0 Å². The van der Waals surface area contributed by atoms with Gasteiger partial charge in [0.15, 0.2) is 0 Å². The normalized spacial score (nSPS) is 11.4. The number of nitrogens with zero attached hydrogens (tertiary/aromatic N) is 1. The van der Waals surface area contributed by atoms with Crippen molar-refractivity contribution in [1.82, 2.24) is 4.98 Å². The maximum Gasteiger partial charge on any atom is 0.0715 e. The van der Waals surface area contributed by atoms with Crippen molar-refractivity contribution >= 4 is 21.8 Å². The molecule has 23 heavy (non-hydrogen) atoms. The Balaban J connectivity index is 2.06. The molecule has 0 atom stereocenters. The molecule has 0 unspecified atom stereocenters. The molecule has 0 aliphatic heterocycles. The summed E-state index contributed by atoms with van der Waals surface area (Å²) in [5, 5.41) is 2.42. The van der Waals surface area contributed by atoms with Crippen LogP contribution in [0.5, 0.6) is 0 Å². The van der Waals surface area contributed by atoms with Crippen molar-refractivity contribution in [2.24, 2.45) is 0 Å². The highest BCUT2D eigenvalue weighted by Crippen LogP contribution is 2.35. The third-order valence-corrected chi connectivity index (χ3v) is 4.45. The fourth-order valence-electron chi connectivity index (χ4n) is 3.19. The number of para-hydroxylation sites is 2. The zero-order chi connectivity index (χ0) is 15.8. The van der Waals surface area contributed by atoms with Crippen LogP contribution in [0.2, 0.25) is 0 Å². The van der Waals surface area contributed by atoms with Gasteiger partial charge in [-0.3, -0.25) is 0 Å². The van der Waals surface area contributed by atoms with E-state index in [4.69, 9.17) is 4.98 Å². The predicted molar refractivity (Wildman–Crippen MR) is 98.8 cm³/mol. The second kappa shape index (κ2) is 5.51. The number of benzene rings is 3. The molecule has 1 heterocycles. The minimum atomic E-state index is 0.551. The average molecular weight is 297 g/mol. The Hall–Kier alpha value is -2.67. The standard InChI is InChI=1S/C22H19N/c1-15(2)16-11-13-17(14-12-16)22-18-7-3-5-9-20(18)23-21-10-6-4-8-19(21)22/h3-15H,1-2H3. The van der Waals surface area contributed by atoms with E-state index in [0.717, 1.165) is 11.0 Å². The SMILES string of the molecule is CC(C)c1ccc(-c2c3ccccc3nc3ccccc23)cc1. The molecule has 1 heteroatoms.